The Morgan fingerprint density at radius 2 is 2.14 bits per heavy atom. The minimum absolute atomic E-state index is 0.158. The minimum Gasteiger partial charge on any atom is -0.459 e. The van der Waals surface area contributed by atoms with Crippen LogP contribution in [0.3, 0.4) is 0 Å². The molecular weight excluding hydrogens is 198 g/mol. The number of thiol groups is 1. The maximum Gasteiger partial charge on any atom is 0.341 e. The van der Waals surface area contributed by atoms with Crippen molar-refractivity contribution in [3.8, 4) is 0 Å². The van der Waals surface area contributed by atoms with Gasteiger partial charge in [-0.2, -0.15) is 0 Å². The highest BCUT2D eigenvalue weighted by molar-refractivity contribution is 7.80. The monoisotopic (exact) mass is 211 g/mol. The van der Waals surface area contributed by atoms with E-state index in [9.17, 15) is 4.79 Å². The molecule has 1 rings (SSSR count). The zero-order valence-corrected chi connectivity index (χ0v) is 9.04. The summed E-state index contributed by atoms with van der Waals surface area (Å²) in [5.41, 5.74) is 6.38. The van der Waals surface area contributed by atoms with Gasteiger partial charge in [0.2, 0.25) is 0 Å². The molecule has 0 spiro atoms. The fourth-order valence-electron chi connectivity index (χ4n) is 1.05. The quantitative estimate of drug-likeness (QED) is 0.447. The summed E-state index contributed by atoms with van der Waals surface area (Å²) in [5.74, 6) is -0.428. The second-order valence-corrected chi connectivity index (χ2v) is 3.68. The first-order valence-corrected chi connectivity index (χ1v) is 4.75. The van der Waals surface area contributed by atoms with E-state index < -0.39 is 5.97 Å². The summed E-state index contributed by atoms with van der Waals surface area (Å²) >= 11 is 4.15. The molecule has 0 saturated heterocycles. The van der Waals surface area contributed by atoms with Gasteiger partial charge in [-0.1, -0.05) is 6.07 Å². The SMILES string of the molecule is CC(C)OC(=O)c1c(N)cccc1S. The summed E-state index contributed by atoms with van der Waals surface area (Å²) in [6.07, 6.45) is -0.158. The molecule has 0 amide bonds. The molecular formula is C10H13NO2S. The van der Waals surface area contributed by atoms with E-state index in [4.69, 9.17) is 10.5 Å². The first kappa shape index (κ1) is 10.9. The summed E-state index contributed by atoms with van der Waals surface area (Å²) in [6, 6.07) is 5.09. The van der Waals surface area contributed by atoms with Crippen LogP contribution in [0, 0.1) is 0 Å². The van der Waals surface area contributed by atoms with Crippen LogP contribution in [0.15, 0.2) is 23.1 Å². The molecule has 2 N–H and O–H groups in total. The van der Waals surface area contributed by atoms with Gasteiger partial charge in [0.1, 0.15) is 0 Å². The fourth-order valence-corrected chi connectivity index (χ4v) is 1.36. The van der Waals surface area contributed by atoms with Gasteiger partial charge in [-0.25, -0.2) is 4.79 Å². The van der Waals surface area contributed by atoms with Gasteiger partial charge in [-0.3, -0.25) is 0 Å². The Morgan fingerprint density at radius 1 is 1.50 bits per heavy atom. The molecule has 0 aliphatic rings. The standard InChI is InChI=1S/C10H13NO2S/c1-6(2)13-10(12)9-7(11)4-3-5-8(9)14/h3-6,14H,11H2,1-2H3. The van der Waals surface area contributed by atoms with Gasteiger partial charge >= 0.3 is 5.97 Å². The molecule has 0 aromatic heterocycles. The second kappa shape index (κ2) is 4.37. The third kappa shape index (κ3) is 2.42. The van der Waals surface area contributed by atoms with E-state index in [1.54, 1.807) is 32.0 Å². The van der Waals surface area contributed by atoms with Crippen molar-refractivity contribution >= 4 is 24.3 Å². The van der Waals surface area contributed by atoms with Gasteiger partial charge in [0.05, 0.1) is 11.7 Å². The van der Waals surface area contributed by atoms with Crippen LogP contribution in [-0.4, -0.2) is 12.1 Å². The molecule has 1 aromatic rings. The first-order chi connectivity index (χ1) is 6.52. The lowest BCUT2D eigenvalue weighted by atomic mass is 10.2. The summed E-state index contributed by atoms with van der Waals surface area (Å²) < 4.78 is 5.03. The van der Waals surface area contributed by atoms with Gasteiger partial charge < -0.3 is 10.5 Å². The van der Waals surface area contributed by atoms with Gasteiger partial charge in [0.25, 0.3) is 0 Å². The fraction of sp³-hybridized carbons (Fsp3) is 0.300. The lowest BCUT2D eigenvalue weighted by molar-refractivity contribution is 0.0375. The third-order valence-corrected chi connectivity index (χ3v) is 1.99. The zero-order valence-electron chi connectivity index (χ0n) is 8.15. The minimum atomic E-state index is -0.428. The average Bonchev–Trinajstić information content (AvgIpc) is 2.01. The number of rotatable bonds is 2. The highest BCUT2D eigenvalue weighted by Gasteiger charge is 2.15. The van der Waals surface area contributed by atoms with Crippen LogP contribution in [0.4, 0.5) is 5.69 Å². The van der Waals surface area contributed by atoms with Crippen LogP contribution in [0.5, 0.6) is 0 Å². The van der Waals surface area contributed by atoms with Crippen LogP contribution >= 0.6 is 12.6 Å². The van der Waals surface area contributed by atoms with E-state index in [1.165, 1.54) is 0 Å². The number of hydrogen-bond donors (Lipinski definition) is 2. The van der Waals surface area contributed by atoms with Crippen LogP contribution in [0.1, 0.15) is 24.2 Å². The predicted octanol–water partition coefficient (Wildman–Crippen LogP) is 2.12. The van der Waals surface area contributed by atoms with Crippen LogP contribution in [-0.2, 0) is 4.74 Å². The molecule has 0 atom stereocenters. The Morgan fingerprint density at radius 3 is 2.64 bits per heavy atom. The Balaban J connectivity index is 3.00. The average molecular weight is 211 g/mol. The van der Waals surface area contributed by atoms with Crippen molar-refractivity contribution in [3.05, 3.63) is 23.8 Å². The van der Waals surface area contributed by atoms with E-state index in [1.807, 2.05) is 0 Å². The Bertz CT molecular complexity index is 330. The Kier molecular flexibility index (Phi) is 3.41. The van der Waals surface area contributed by atoms with Crippen molar-refractivity contribution in [2.45, 2.75) is 24.8 Å². The highest BCUT2D eigenvalue weighted by atomic mass is 32.1. The number of hydrogen-bond acceptors (Lipinski definition) is 4. The van der Waals surface area contributed by atoms with Crippen LogP contribution < -0.4 is 5.73 Å². The molecule has 14 heavy (non-hydrogen) atoms. The van der Waals surface area contributed by atoms with Crippen molar-refractivity contribution in [1.82, 2.24) is 0 Å². The molecule has 0 fully saturated rings. The highest BCUT2D eigenvalue weighted by Crippen LogP contribution is 2.21. The van der Waals surface area contributed by atoms with E-state index >= 15 is 0 Å². The maximum atomic E-state index is 11.5. The molecule has 3 nitrogen and oxygen atoms in total. The zero-order chi connectivity index (χ0) is 10.7. The Hall–Kier alpha value is -1.16. The summed E-state index contributed by atoms with van der Waals surface area (Å²) in [6.45, 7) is 3.57. The van der Waals surface area contributed by atoms with Gasteiger partial charge in [-0.05, 0) is 26.0 Å². The second-order valence-electron chi connectivity index (χ2n) is 3.20. The van der Waals surface area contributed by atoms with Crippen LogP contribution in [0.2, 0.25) is 0 Å². The van der Waals surface area contributed by atoms with Crippen molar-refractivity contribution < 1.29 is 9.53 Å². The lowest BCUT2D eigenvalue weighted by Gasteiger charge is -2.10. The molecule has 0 radical (unpaired) electrons. The molecule has 4 heteroatoms. The number of nitrogen functional groups attached to an aromatic ring is 1. The van der Waals surface area contributed by atoms with Crippen LogP contribution in [0.25, 0.3) is 0 Å². The normalized spacial score (nSPS) is 10.3. The molecule has 0 aliphatic carbocycles. The third-order valence-electron chi connectivity index (χ3n) is 1.62. The van der Waals surface area contributed by atoms with Crippen molar-refractivity contribution in [3.63, 3.8) is 0 Å². The molecule has 0 bridgehead atoms. The molecule has 0 heterocycles. The topological polar surface area (TPSA) is 52.3 Å². The van der Waals surface area contributed by atoms with Gasteiger partial charge in [-0.15, -0.1) is 12.6 Å². The number of carbonyl (C=O) groups excluding carboxylic acids is 1. The summed E-state index contributed by atoms with van der Waals surface area (Å²) in [5, 5.41) is 0. The van der Waals surface area contributed by atoms with E-state index in [2.05, 4.69) is 12.6 Å². The number of benzene rings is 1. The molecule has 0 saturated carbocycles. The number of esters is 1. The number of carbonyl (C=O) groups is 1. The lowest BCUT2D eigenvalue weighted by Crippen LogP contribution is -2.14. The van der Waals surface area contributed by atoms with Crippen molar-refractivity contribution in [1.29, 1.82) is 0 Å². The maximum absolute atomic E-state index is 11.5. The largest absolute Gasteiger partial charge is 0.459 e. The van der Waals surface area contributed by atoms with Gasteiger partial charge in [0.15, 0.2) is 0 Å². The summed E-state index contributed by atoms with van der Waals surface area (Å²) in [7, 11) is 0. The molecule has 0 unspecified atom stereocenters. The number of ether oxygens (including phenoxy) is 1. The predicted molar refractivity (Wildman–Crippen MR) is 58.7 cm³/mol. The first-order valence-electron chi connectivity index (χ1n) is 4.30. The summed E-state index contributed by atoms with van der Waals surface area (Å²) in [4.78, 5) is 12.1. The Labute approximate surface area is 88.7 Å². The van der Waals surface area contributed by atoms with Gasteiger partial charge in [0, 0.05) is 10.6 Å². The van der Waals surface area contributed by atoms with E-state index in [0.29, 0.717) is 16.1 Å². The van der Waals surface area contributed by atoms with E-state index in [0.717, 1.165) is 0 Å². The molecule has 76 valence electrons. The number of anilines is 1. The number of nitrogens with two attached hydrogens (primary N) is 1. The van der Waals surface area contributed by atoms with Crippen molar-refractivity contribution in [2.24, 2.45) is 0 Å². The smallest absolute Gasteiger partial charge is 0.341 e. The molecule has 1 aromatic carbocycles. The van der Waals surface area contributed by atoms with Crippen molar-refractivity contribution in [2.75, 3.05) is 5.73 Å². The molecule has 0 aliphatic heterocycles. The van der Waals surface area contributed by atoms with E-state index in [-0.39, 0.29) is 6.10 Å².